The van der Waals surface area contributed by atoms with Crippen molar-refractivity contribution in [1.82, 2.24) is 9.97 Å². The van der Waals surface area contributed by atoms with Gasteiger partial charge in [-0.05, 0) is 18.6 Å². The third-order valence-electron chi connectivity index (χ3n) is 2.98. The average molecular weight is 291 g/mol. The van der Waals surface area contributed by atoms with Gasteiger partial charge >= 0.3 is 5.97 Å². The van der Waals surface area contributed by atoms with Crippen LogP contribution in [0.25, 0.3) is 10.9 Å². The van der Waals surface area contributed by atoms with E-state index in [-0.39, 0.29) is 18.5 Å². The van der Waals surface area contributed by atoms with Crippen LogP contribution in [-0.4, -0.2) is 52.5 Å². The Morgan fingerprint density at radius 3 is 2.81 bits per heavy atom. The van der Waals surface area contributed by atoms with Crippen molar-refractivity contribution < 1.29 is 19.7 Å². The predicted molar refractivity (Wildman–Crippen MR) is 77.5 cm³/mol. The van der Waals surface area contributed by atoms with Gasteiger partial charge in [0.25, 0.3) is 0 Å². The van der Waals surface area contributed by atoms with Gasteiger partial charge in [0.1, 0.15) is 5.82 Å². The zero-order valence-electron chi connectivity index (χ0n) is 11.6. The molecule has 0 radical (unpaired) electrons. The van der Waals surface area contributed by atoms with Gasteiger partial charge in [-0.1, -0.05) is 12.1 Å². The SMILES string of the molecule is COCC(CCO)Nc1nc(C(=O)O)nc2ccccc12. The third kappa shape index (κ3) is 3.65. The minimum Gasteiger partial charge on any atom is -0.475 e. The summed E-state index contributed by atoms with van der Waals surface area (Å²) >= 11 is 0. The quantitative estimate of drug-likeness (QED) is 0.702. The summed E-state index contributed by atoms with van der Waals surface area (Å²) in [6.07, 6.45) is 0.467. The first-order chi connectivity index (χ1) is 10.2. The van der Waals surface area contributed by atoms with E-state index in [1.807, 2.05) is 12.1 Å². The molecule has 1 aromatic carbocycles. The smallest absolute Gasteiger partial charge is 0.374 e. The van der Waals surface area contributed by atoms with Gasteiger partial charge in [0, 0.05) is 19.1 Å². The topological polar surface area (TPSA) is 105 Å². The number of anilines is 1. The zero-order chi connectivity index (χ0) is 15.2. The van der Waals surface area contributed by atoms with Crippen molar-refractivity contribution in [2.45, 2.75) is 12.5 Å². The van der Waals surface area contributed by atoms with Crippen LogP contribution in [0.1, 0.15) is 17.0 Å². The number of aliphatic hydroxyl groups excluding tert-OH is 1. The lowest BCUT2D eigenvalue weighted by molar-refractivity contribution is 0.0684. The fourth-order valence-corrected chi connectivity index (χ4v) is 2.03. The molecule has 21 heavy (non-hydrogen) atoms. The lowest BCUT2D eigenvalue weighted by Crippen LogP contribution is -2.27. The van der Waals surface area contributed by atoms with Crippen molar-refractivity contribution in [3.05, 3.63) is 30.1 Å². The summed E-state index contributed by atoms with van der Waals surface area (Å²) in [7, 11) is 1.56. The molecule has 7 heteroatoms. The molecule has 0 aliphatic heterocycles. The van der Waals surface area contributed by atoms with E-state index < -0.39 is 5.97 Å². The van der Waals surface area contributed by atoms with Gasteiger partial charge in [0.05, 0.1) is 18.2 Å². The Morgan fingerprint density at radius 1 is 1.38 bits per heavy atom. The highest BCUT2D eigenvalue weighted by Gasteiger charge is 2.15. The summed E-state index contributed by atoms with van der Waals surface area (Å²) in [5.74, 6) is -1.03. The molecular weight excluding hydrogens is 274 g/mol. The number of benzene rings is 1. The number of hydrogen-bond acceptors (Lipinski definition) is 6. The van der Waals surface area contributed by atoms with E-state index in [4.69, 9.17) is 14.9 Å². The molecule has 1 aromatic heterocycles. The summed E-state index contributed by atoms with van der Waals surface area (Å²) < 4.78 is 5.09. The maximum Gasteiger partial charge on any atom is 0.374 e. The molecule has 7 nitrogen and oxygen atoms in total. The summed E-state index contributed by atoms with van der Waals surface area (Å²) in [6, 6.07) is 6.98. The molecule has 3 N–H and O–H groups in total. The Morgan fingerprint density at radius 2 is 2.14 bits per heavy atom. The molecule has 112 valence electrons. The number of aromatic carboxylic acids is 1. The molecule has 1 unspecified atom stereocenters. The number of aliphatic hydroxyl groups is 1. The van der Waals surface area contributed by atoms with Crippen molar-refractivity contribution in [1.29, 1.82) is 0 Å². The number of methoxy groups -OCH3 is 1. The van der Waals surface area contributed by atoms with Gasteiger partial charge in [-0.2, -0.15) is 0 Å². The molecule has 2 aromatic rings. The summed E-state index contributed by atoms with van der Waals surface area (Å²) in [4.78, 5) is 19.2. The molecule has 1 heterocycles. The maximum absolute atomic E-state index is 11.1. The van der Waals surface area contributed by atoms with Crippen LogP contribution >= 0.6 is 0 Å². The minimum absolute atomic E-state index is 0.00414. The monoisotopic (exact) mass is 291 g/mol. The Kier molecular flexibility index (Phi) is 5.02. The van der Waals surface area contributed by atoms with E-state index in [1.54, 1.807) is 19.2 Å². The lowest BCUT2D eigenvalue weighted by Gasteiger charge is -2.18. The van der Waals surface area contributed by atoms with Gasteiger partial charge in [0.15, 0.2) is 0 Å². The number of aromatic nitrogens is 2. The summed E-state index contributed by atoms with van der Waals surface area (Å²) in [5, 5.41) is 22.0. The number of nitrogens with zero attached hydrogens (tertiary/aromatic N) is 2. The Balaban J connectivity index is 2.42. The van der Waals surface area contributed by atoms with E-state index in [9.17, 15) is 4.79 Å². The zero-order valence-corrected chi connectivity index (χ0v) is 11.6. The summed E-state index contributed by atoms with van der Waals surface area (Å²) in [5.41, 5.74) is 0.549. The summed E-state index contributed by atoms with van der Waals surface area (Å²) in [6.45, 7) is 0.372. The van der Waals surface area contributed by atoms with Crippen molar-refractivity contribution in [2.24, 2.45) is 0 Å². The number of hydrogen-bond donors (Lipinski definition) is 3. The molecule has 1 atom stereocenters. The van der Waals surface area contributed by atoms with E-state index in [0.29, 0.717) is 24.4 Å². The Bertz CT molecular complexity index is 627. The highest BCUT2D eigenvalue weighted by Crippen LogP contribution is 2.21. The number of rotatable bonds is 7. The number of carboxylic acids is 1. The minimum atomic E-state index is -1.19. The molecule has 0 aliphatic carbocycles. The van der Waals surface area contributed by atoms with Crippen LogP contribution in [0.4, 0.5) is 5.82 Å². The molecule has 0 saturated heterocycles. The van der Waals surface area contributed by atoms with Crippen LogP contribution in [0.2, 0.25) is 0 Å². The van der Waals surface area contributed by atoms with Gasteiger partial charge in [-0.25, -0.2) is 14.8 Å². The predicted octanol–water partition coefficient (Wildman–Crippen LogP) is 1.14. The maximum atomic E-state index is 11.1. The van der Waals surface area contributed by atoms with Gasteiger partial charge in [-0.15, -0.1) is 0 Å². The second-order valence-electron chi connectivity index (χ2n) is 4.53. The van der Waals surface area contributed by atoms with Crippen molar-refractivity contribution in [3.8, 4) is 0 Å². The largest absolute Gasteiger partial charge is 0.475 e. The van der Waals surface area contributed by atoms with Crippen LogP contribution in [-0.2, 0) is 4.74 Å². The van der Waals surface area contributed by atoms with Crippen LogP contribution in [0.3, 0.4) is 0 Å². The normalized spacial score (nSPS) is 12.3. The van der Waals surface area contributed by atoms with Gasteiger partial charge in [0.2, 0.25) is 5.82 Å². The molecule has 0 fully saturated rings. The first-order valence-corrected chi connectivity index (χ1v) is 6.52. The third-order valence-corrected chi connectivity index (χ3v) is 2.98. The van der Waals surface area contributed by atoms with Crippen molar-refractivity contribution in [2.75, 3.05) is 25.6 Å². The highest BCUT2D eigenvalue weighted by molar-refractivity contribution is 5.93. The van der Waals surface area contributed by atoms with E-state index in [0.717, 1.165) is 5.39 Å². The standard InChI is InChI=1S/C14H17N3O4/c1-21-8-9(6-7-18)15-12-10-4-2-3-5-11(10)16-13(17-12)14(19)20/h2-5,9,18H,6-8H2,1H3,(H,19,20)(H,15,16,17). The molecule has 0 amide bonds. The fourth-order valence-electron chi connectivity index (χ4n) is 2.03. The molecular formula is C14H17N3O4. The second kappa shape index (κ2) is 6.96. The second-order valence-corrected chi connectivity index (χ2v) is 4.53. The highest BCUT2D eigenvalue weighted by atomic mass is 16.5. The van der Waals surface area contributed by atoms with Crippen LogP contribution in [0.15, 0.2) is 24.3 Å². The van der Waals surface area contributed by atoms with Crippen LogP contribution < -0.4 is 5.32 Å². The average Bonchev–Trinajstić information content (AvgIpc) is 2.47. The number of ether oxygens (including phenoxy) is 1. The van der Waals surface area contributed by atoms with Crippen molar-refractivity contribution in [3.63, 3.8) is 0 Å². The van der Waals surface area contributed by atoms with Gasteiger partial charge < -0.3 is 20.3 Å². The first-order valence-electron chi connectivity index (χ1n) is 6.52. The number of carboxylic acid groups (broad SMARTS) is 1. The van der Waals surface area contributed by atoms with Crippen LogP contribution in [0.5, 0.6) is 0 Å². The number of para-hydroxylation sites is 1. The number of carbonyl (C=O) groups is 1. The first kappa shape index (κ1) is 15.1. The van der Waals surface area contributed by atoms with E-state index in [2.05, 4.69) is 15.3 Å². The molecule has 0 saturated carbocycles. The lowest BCUT2D eigenvalue weighted by atomic mass is 10.2. The Labute approximate surface area is 121 Å². The Hall–Kier alpha value is -2.25. The molecule has 0 spiro atoms. The fraction of sp³-hybridized carbons (Fsp3) is 0.357. The molecule has 2 rings (SSSR count). The number of nitrogens with one attached hydrogen (secondary N) is 1. The molecule has 0 aliphatic rings. The van der Waals surface area contributed by atoms with E-state index in [1.165, 1.54) is 0 Å². The van der Waals surface area contributed by atoms with Crippen LogP contribution in [0, 0.1) is 0 Å². The number of fused-ring (bicyclic) bond motifs is 1. The van der Waals surface area contributed by atoms with Crippen molar-refractivity contribution >= 4 is 22.7 Å². The van der Waals surface area contributed by atoms with Gasteiger partial charge in [-0.3, -0.25) is 0 Å². The molecule has 0 bridgehead atoms. The van der Waals surface area contributed by atoms with E-state index >= 15 is 0 Å².